The van der Waals surface area contributed by atoms with Crippen molar-refractivity contribution in [1.82, 2.24) is 10.2 Å². The maximum absolute atomic E-state index is 12.7. The summed E-state index contributed by atoms with van der Waals surface area (Å²) in [6.07, 6.45) is 1.02. The van der Waals surface area contributed by atoms with Crippen molar-refractivity contribution >= 4 is 23.4 Å². The molecule has 0 spiro atoms. The van der Waals surface area contributed by atoms with Gasteiger partial charge in [0.1, 0.15) is 12.6 Å². The van der Waals surface area contributed by atoms with Crippen molar-refractivity contribution in [2.24, 2.45) is 0 Å². The summed E-state index contributed by atoms with van der Waals surface area (Å²) in [7, 11) is 1.46. The Labute approximate surface area is 134 Å². The van der Waals surface area contributed by atoms with Crippen molar-refractivity contribution in [1.29, 1.82) is 0 Å². The van der Waals surface area contributed by atoms with Crippen LogP contribution in [-0.2, 0) is 14.3 Å². The molecule has 7 nitrogen and oxygen atoms in total. The van der Waals surface area contributed by atoms with Gasteiger partial charge in [0.2, 0.25) is 11.8 Å². The number of benzene rings is 1. The Balaban J connectivity index is 1.78. The van der Waals surface area contributed by atoms with Crippen LogP contribution in [0.25, 0.3) is 0 Å². The molecular formula is C16H19N3O4. The fourth-order valence-electron chi connectivity index (χ4n) is 3.14. The minimum Gasteiger partial charge on any atom is -0.375 e. The summed E-state index contributed by atoms with van der Waals surface area (Å²) >= 11 is 0. The number of carbonyl (C=O) groups is 3. The van der Waals surface area contributed by atoms with Gasteiger partial charge in [0.05, 0.1) is 11.3 Å². The molecule has 23 heavy (non-hydrogen) atoms. The number of amides is 3. The number of nitrogens with zero attached hydrogens (tertiary/aromatic N) is 1. The summed E-state index contributed by atoms with van der Waals surface area (Å²) in [6.45, 7) is 0.421. The fraction of sp³-hybridized carbons (Fsp3) is 0.438. The number of para-hydroxylation sites is 1. The maximum atomic E-state index is 12.7. The van der Waals surface area contributed by atoms with Crippen molar-refractivity contribution in [3.8, 4) is 0 Å². The first-order valence-electron chi connectivity index (χ1n) is 7.59. The highest BCUT2D eigenvalue weighted by atomic mass is 16.5. The molecule has 1 fully saturated rings. The molecule has 0 aromatic heterocycles. The lowest BCUT2D eigenvalue weighted by Crippen LogP contribution is -2.55. The quantitative estimate of drug-likeness (QED) is 0.843. The molecule has 7 heteroatoms. The van der Waals surface area contributed by atoms with Gasteiger partial charge in [-0.15, -0.1) is 0 Å². The number of fused-ring (bicyclic) bond motifs is 2. The summed E-state index contributed by atoms with van der Waals surface area (Å²) in [5.41, 5.74) is 1.04. The topological polar surface area (TPSA) is 87.7 Å². The van der Waals surface area contributed by atoms with Gasteiger partial charge < -0.3 is 20.3 Å². The number of carbonyl (C=O) groups excluding carboxylic acids is 3. The molecule has 122 valence electrons. The van der Waals surface area contributed by atoms with Crippen LogP contribution in [0, 0.1) is 0 Å². The molecule has 3 amide bonds. The Hall–Kier alpha value is -2.41. The lowest BCUT2D eigenvalue weighted by molar-refractivity contribution is -0.127. The van der Waals surface area contributed by atoms with E-state index in [1.807, 2.05) is 0 Å². The molecule has 1 saturated heterocycles. The second-order valence-electron chi connectivity index (χ2n) is 5.77. The lowest BCUT2D eigenvalue weighted by Gasteiger charge is -2.37. The predicted octanol–water partition coefficient (Wildman–Crippen LogP) is 0.375. The van der Waals surface area contributed by atoms with Crippen molar-refractivity contribution in [3.63, 3.8) is 0 Å². The SMILES string of the molecule is COCC(=O)N[C@@H]1CCN2C(=O)c3ccccc3NC(=O)[C@@H]2C1. The highest BCUT2D eigenvalue weighted by molar-refractivity contribution is 6.09. The van der Waals surface area contributed by atoms with E-state index < -0.39 is 6.04 Å². The van der Waals surface area contributed by atoms with Crippen LogP contribution in [0.3, 0.4) is 0 Å². The smallest absolute Gasteiger partial charge is 0.256 e. The number of hydrogen-bond acceptors (Lipinski definition) is 4. The second-order valence-corrected chi connectivity index (χ2v) is 5.77. The largest absolute Gasteiger partial charge is 0.375 e. The zero-order valence-corrected chi connectivity index (χ0v) is 12.9. The molecule has 3 rings (SSSR count). The second kappa shape index (κ2) is 6.37. The van der Waals surface area contributed by atoms with Crippen LogP contribution in [0.2, 0.25) is 0 Å². The van der Waals surface area contributed by atoms with Gasteiger partial charge in [-0.2, -0.15) is 0 Å². The fourth-order valence-corrected chi connectivity index (χ4v) is 3.14. The molecule has 0 aliphatic carbocycles. The molecule has 2 heterocycles. The Kier molecular flexibility index (Phi) is 4.29. The van der Waals surface area contributed by atoms with Crippen molar-refractivity contribution in [3.05, 3.63) is 29.8 Å². The van der Waals surface area contributed by atoms with E-state index in [-0.39, 0.29) is 30.4 Å². The average Bonchev–Trinajstić information content (AvgIpc) is 2.64. The van der Waals surface area contributed by atoms with Gasteiger partial charge >= 0.3 is 0 Å². The summed E-state index contributed by atoms with van der Waals surface area (Å²) in [5, 5.41) is 5.66. The zero-order valence-electron chi connectivity index (χ0n) is 12.9. The van der Waals surface area contributed by atoms with E-state index in [4.69, 9.17) is 4.74 Å². The third-order valence-electron chi connectivity index (χ3n) is 4.22. The van der Waals surface area contributed by atoms with Gasteiger partial charge in [-0.1, -0.05) is 12.1 Å². The first kappa shape index (κ1) is 15.5. The van der Waals surface area contributed by atoms with Crippen molar-refractivity contribution < 1.29 is 19.1 Å². The summed E-state index contributed by atoms with van der Waals surface area (Å²) in [4.78, 5) is 38.4. The van der Waals surface area contributed by atoms with E-state index in [1.54, 1.807) is 29.2 Å². The average molecular weight is 317 g/mol. The van der Waals surface area contributed by atoms with E-state index in [0.29, 0.717) is 30.6 Å². The third kappa shape index (κ3) is 3.05. The molecular weight excluding hydrogens is 298 g/mol. The molecule has 2 aliphatic heterocycles. The number of rotatable bonds is 3. The summed E-state index contributed by atoms with van der Waals surface area (Å²) in [6, 6.07) is 6.29. The molecule has 0 saturated carbocycles. The highest BCUT2D eigenvalue weighted by Gasteiger charge is 2.39. The standard InChI is InChI=1S/C16H19N3O4/c1-23-9-14(20)17-10-6-7-19-13(8-10)15(21)18-12-5-3-2-4-11(12)16(19)22/h2-5,10,13H,6-9H2,1H3,(H,17,20)(H,18,21)/t10-,13+/m1/s1. The van der Waals surface area contributed by atoms with Crippen molar-refractivity contribution in [2.45, 2.75) is 24.9 Å². The van der Waals surface area contributed by atoms with E-state index in [9.17, 15) is 14.4 Å². The number of methoxy groups -OCH3 is 1. The van der Waals surface area contributed by atoms with E-state index in [0.717, 1.165) is 0 Å². The van der Waals surface area contributed by atoms with Gasteiger partial charge in [0.25, 0.3) is 5.91 Å². The minimum absolute atomic E-state index is 0.0125. The molecule has 2 atom stereocenters. The van der Waals surface area contributed by atoms with Gasteiger partial charge in [-0.3, -0.25) is 14.4 Å². The first-order chi connectivity index (χ1) is 11.1. The third-order valence-corrected chi connectivity index (χ3v) is 4.22. The normalized spacial score (nSPS) is 23.4. The molecule has 0 bridgehead atoms. The molecule has 0 unspecified atom stereocenters. The lowest BCUT2D eigenvalue weighted by atomic mass is 9.96. The van der Waals surface area contributed by atoms with E-state index >= 15 is 0 Å². The van der Waals surface area contributed by atoms with Crippen LogP contribution in [0.1, 0.15) is 23.2 Å². The molecule has 1 aromatic rings. The van der Waals surface area contributed by atoms with Crippen LogP contribution in [0.15, 0.2) is 24.3 Å². The summed E-state index contributed by atoms with van der Waals surface area (Å²) < 4.78 is 4.80. The Morgan fingerprint density at radius 3 is 2.96 bits per heavy atom. The molecule has 2 aliphatic rings. The summed E-state index contributed by atoms with van der Waals surface area (Å²) in [5.74, 6) is -0.575. The number of hydrogen-bond donors (Lipinski definition) is 2. The monoisotopic (exact) mass is 317 g/mol. The van der Waals surface area contributed by atoms with Crippen LogP contribution in [0.4, 0.5) is 5.69 Å². The number of piperidine rings is 1. The van der Waals surface area contributed by atoms with E-state index in [2.05, 4.69) is 10.6 Å². The van der Waals surface area contributed by atoms with Crippen LogP contribution in [0.5, 0.6) is 0 Å². The maximum Gasteiger partial charge on any atom is 0.256 e. The van der Waals surface area contributed by atoms with Gasteiger partial charge in [0, 0.05) is 19.7 Å². The van der Waals surface area contributed by atoms with Gasteiger partial charge in [0.15, 0.2) is 0 Å². The van der Waals surface area contributed by atoms with Crippen molar-refractivity contribution in [2.75, 3.05) is 25.6 Å². The van der Waals surface area contributed by atoms with Crippen LogP contribution in [-0.4, -0.2) is 55.0 Å². The molecule has 0 radical (unpaired) electrons. The minimum atomic E-state index is -0.573. The Morgan fingerprint density at radius 2 is 2.17 bits per heavy atom. The predicted molar refractivity (Wildman–Crippen MR) is 82.9 cm³/mol. The molecule has 2 N–H and O–H groups in total. The molecule has 1 aromatic carbocycles. The van der Waals surface area contributed by atoms with Gasteiger partial charge in [-0.25, -0.2) is 0 Å². The van der Waals surface area contributed by atoms with E-state index in [1.165, 1.54) is 7.11 Å². The first-order valence-corrected chi connectivity index (χ1v) is 7.59. The number of nitrogens with one attached hydrogen (secondary N) is 2. The van der Waals surface area contributed by atoms with Crippen LogP contribution >= 0.6 is 0 Å². The van der Waals surface area contributed by atoms with Gasteiger partial charge in [-0.05, 0) is 25.0 Å². The highest BCUT2D eigenvalue weighted by Crippen LogP contribution is 2.28. The zero-order chi connectivity index (χ0) is 16.4. The number of ether oxygens (including phenoxy) is 1. The Morgan fingerprint density at radius 1 is 1.39 bits per heavy atom. The van der Waals surface area contributed by atoms with Crippen LogP contribution < -0.4 is 10.6 Å². The Bertz CT molecular complexity index is 646. The number of anilines is 1.